The van der Waals surface area contributed by atoms with Crippen LogP contribution in [0.15, 0.2) is 34.9 Å². The first-order chi connectivity index (χ1) is 25.3. The van der Waals surface area contributed by atoms with Gasteiger partial charge in [0.1, 0.15) is 12.1 Å². The maximum absolute atomic E-state index is 14.4. The van der Waals surface area contributed by atoms with Crippen molar-refractivity contribution in [3.63, 3.8) is 0 Å². The molecule has 0 radical (unpaired) electrons. The summed E-state index contributed by atoms with van der Waals surface area (Å²) in [6.45, 7) is 10.8. The molecule has 0 aliphatic carbocycles. The molecule has 53 heavy (non-hydrogen) atoms. The lowest BCUT2D eigenvalue weighted by Crippen LogP contribution is -2.58. The van der Waals surface area contributed by atoms with Crippen molar-refractivity contribution in [3.8, 4) is 10.4 Å². The van der Waals surface area contributed by atoms with Gasteiger partial charge in [-0.05, 0) is 74.6 Å². The number of nitrogens with zero attached hydrogens (tertiary/aromatic N) is 5. The summed E-state index contributed by atoms with van der Waals surface area (Å²) in [5.41, 5.74) is 18.2. The molecule has 0 spiro atoms. The van der Waals surface area contributed by atoms with Crippen LogP contribution in [0.25, 0.3) is 20.9 Å². The topological polar surface area (TPSA) is 195 Å². The highest BCUT2D eigenvalue weighted by atomic mass is 32.1. The summed E-state index contributed by atoms with van der Waals surface area (Å²) in [5, 5.41) is 12.6. The predicted molar refractivity (Wildman–Crippen MR) is 211 cm³/mol. The molecule has 4 amide bonds. The number of benzene rings is 1. The van der Waals surface area contributed by atoms with Crippen LogP contribution < -0.4 is 21.7 Å². The Morgan fingerprint density at radius 3 is 2.19 bits per heavy atom. The number of hydrogen-bond donors (Lipinski definition) is 4. The van der Waals surface area contributed by atoms with Crippen LogP contribution in [-0.4, -0.2) is 71.3 Å². The smallest absolute Gasteiger partial charge is 0.246 e. The molecule has 292 valence electrons. The van der Waals surface area contributed by atoms with Crippen molar-refractivity contribution in [1.82, 2.24) is 25.8 Å². The number of nitrogens with one attached hydrogen (secondary N) is 3. The fourth-order valence-electron chi connectivity index (χ4n) is 6.68. The molecule has 5 N–H and O–H groups in total. The van der Waals surface area contributed by atoms with Crippen LogP contribution in [0.1, 0.15) is 128 Å². The van der Waals surface area contributed by atoms with Crippen LogP contribution >= 0.6 is 11.3 Å². The highest BCUT2D eigenvalue weighted by Crippen LogP contribution is 2.30. The van der Waals surface area contributed by atoms with E-state index in [9.17, 15) is 19.2 Å². The number of carbonyl (C=O) groups is 4. The standard InChI is InChI=1S/C39H61N9O4S/c1-27(29-18-20-30(21-19-29)35-28(2)42-26-53-35)44-37(51)32-24-31(45-33(49)17-13-15-23-43-47-41)25-48(32)38(52)36(39(3,4)5)46-34(50)16-12-10-8-6-7-9-11-14-22-40/h18-21,26-27,31-32,36H,6-17,22-25,40H2,1-5H3,(H,44,51)(H,45,49)(H,46,50)/t27?,31-,32+,36?/m1/s1. The van der Waals surface area contributed by atoms with Gasteiger partial charge in [0.05, 0.1) is 22.1 Å². The van der Waals surface area contributed by atoms with Crippen molar-refractivity contribution in [1.29, 1.82) is 0 Å². The number of hydrogen-bond acceptors (Lipinski definition) is 8. The molecule has 2 heterocycles. The van der Waals surface area contributed by atoms with Gasteiger partial charge < -0.3 is 26.6 Å². The number of carbonyl (C=O) groups excluding carboxylic acids is 4. The SMILES string of the molecule is Cc1ncsc1-c1ccc(C(C)NC(=O)[C@@H]2C[C@@H](NC(=O)CCCCN=[N+]=[N-])CN2C(=O)C(NC(=O)CCCCCCCCCCN)C(C)(C)C)cc1. The number of amides is 4. The molecule has 0 bridgehead atoms. The Bertz CT molecular complexity index is 1520. The van der Waals surface area contributed by atoms with Crippen molar-refractivity contribution >= 4 is 35.0 Å². The summed E-state index contributed by atoms with van der Waals surface area (Å²) in [7, 11) is 0. The second kappa shape index (κ2) is 22.3. The molecule has 1 aliphatic rings. The molecule has 4 atom stereocenters. The van der Waals surface area contributed by atoms with Gasteiger partial charge in [-0.2, -0.15) is 0 Å². The van der Waals surface area contributed by atoms with Crippen molar-refractivity contribution in [2.75, 3.05) is 19.6 Å². The van der Waals surface area contributed by atoms with E-state index in [1.165, 1.54) is 17.7 Å². The summed E-state index contributed by atoms with van der Waals surface area (Å²) < 4.78 is 0. The summed E-state index contributed by atoms with van der Waals surface area (Å²) >= 11 is 1.58. The molecule has 2 unspecified atom stereocenters. The molecule has 1 aromatic carbocycles. The van der Waals surface area contributed by atoms with Crippen molar-refractivity contribution < 1.29 is 19.2 Å². The number of rotatable bonds is 22. The largest absolute Gasteiger partial charge is 0.351 e. The van der Waals surface area contributed by atoms with Gasteiger partial charge in [0, 0.05) is 36.9 Å². The summed E-state index contributed by atoms with van der Waals surface area (Å²) in [5.74, 6) is -1.03. The number of aromatic nitrogens is 1. The Morgan fingerprint density at radius 2 is 1.58 bits per heavy atom. The number of unbranched alkanes of at least 4 members (excludes halogenated alkanes) is 8. The van der Waals surface area contributed by atoms with Gasteiger partial charge in [-0.1, -0.05) is 88.7 Å². The first-order valence-corrected chi connectivity index (χ1v) is 20.1. The number of thiazole rings is 1. The van der Waals surface area contributed by atoms with E-state index in [1.54, 1.807) is 11.3 Å². The molecule has 14 heteroatoms. The second-order valence-corrected chi connectivity index (χ2v) is 16.1. The summed E-state index contributed by atoms with van der Waals surface area (Å²) in [6, 6.07) is 5.52. The second-order valence-electron chi connectivity index (χ2n) is 15.3. The lowest BCUT2D eigenvalue weighted by atomic mass is 9.85. The van der Waals surface area contributed by atoms with Crippen LogP contribution in [0, 0.1) is 12.3 Å². The number of azide groups is 1. The minimum Gasteiger partial charge on any atom is -0.351 e. The molecular formula is C39H61N9O4S. The minimum atomic E-state index is -0.858. The number of likely N-dealkylation sites (tertiary alicyclic amines) is 1. The zero-order chi connectivity index (χ0) is 38.8. The van der Waals surface area contributed by atoms with Crippen molar-refractivity contribution in [3.05, 3.63) is 51.5 Å². The van der Waals surface area contributed by atoms with Crippen LogP contribution in [0.5, 0.6) is 0 Å². The highest BCUT2D eigenvalue weighted by Gasteiger charge is 2.45. The predicted octanol–water partition coefficient (Wildman–Crippen LogP) is 6.86. The lowest BCUT2D eigenvalue weighted by molar-refractivity contribution is -0.144. The molecule has 0 saturated carbocycles. The zero-order valence-corrected chi connectivity index (χ0v) is 33.2. The van der Waals surface area contributed by atoms with E-state index in [0.717, 1.165) is 66.8 Å². The third-order valence-electron chi connectivity index (χ3n) is 9.78. The third kappa shape index (κ3) is 14.4. The lowest BCUT2D eigenvalue weighted by Gasteiger charge is -2.35. The van der Waals surface area contributed by atoms with Crippen molar-refractivity contribution in [2.24, 2.45) is 16.3 Å². The molecule has 1 aliphatic heterocycles. The number of aryl methyl sites for hydroxylation is 1. The monoisotopic (exact) mass is 751 g/mol. The van der Waals surface area contributed by atoms with Crippen molar-refractivity contribution in [2.45, 2.75) is 142 Å². The van der Waals surface area contributed by atoms with Crippen LogP contribution in [0.2, 0.25) is 0 Å². The molecule has 2 aromatic rings. The van der Waals surface area contributed by atoms with E-state index in [-0.39, 0.29) is 49.1 Å². The van der Waals surface area contributed by atoms with Gasteiger partial charge in [0.25, 0.3) is 0 Å². The molecular weight excluding hydrogens is 691 g/mol. The third-order valence-corrected chi connectivity index (χ3v) is 10.8. The van der Waals surface area contributed by atoms with Gasteiger partial charge in [-0.15, -0.1) is 11.3 Å². The summed E-state index contributed by atoms with van der Waals surface area (Å²) in [6.07, 6.45) is 10.4. The van der Waals surface area contributed by atoms with Gasteiger partial charge in [0.15, 0.2) is 0 Å². The maximum Gasteiger partial charge on any atom is 0.246 e. The normalized spacial score (nSPS) is 16.8. The first kappa shape index (κ1) is 43.4. The Balaban J connectivity index is 1.69. The van der Waals surface area contributed by atoms with E-state index < -0.39 is 23.5 Å². The Labute approximate surface area is 319 Å². The average Bonchev–Trinajstić information content (AvgIpc) is 3.75. The van der Waals surface area contributed by atoms with E-state index >= 15 is 0 Å². The van der Waals surface area contributed by atoms with Gasteiger partial charge in [-0.3, -0.25) is 19.2 Å². The first-order valence-electron chi connectivity index (χ1n) is 19.3. The van der Waals surface area contributed by atoms with Crippen LogP contribution in [-0.2, 0) is 19.2 Å². The molecule has 3 rings (SSSR count). The van der Waals surface area contributed by atoms with Crippen LogP contribution in [0.4, 0.5) is 0 Å². The average molecular weight is 752 g/mol. The zero-order valence-electron chi connectivity index (χ0n) is 32.4. The maximum atomic E-state index is 14.4. The van der Waals surface area contributed by atoms with Gasteiger partial charge in [-0.25, -0.2) is 4.98 Å². The van der Waals surface area contributed by atoms with E-state index in [1.807, 2.05) is 64.4 Å². The highest BCUT2D eigenvalue weighted by molar-refractivity contribution is 7.13. The van der Waals surface area contributed by atoms with Crippen LogP contribution in [0.3, 0.4) is 0 Å². The fraction of sp³-hybridized carbons (Fsp3) is 0.667. The quantitative estimate of drug-likeness (QED) is 0.0439. The number of nitrogens with two attached hydrogens (primary N) is 1. The molecule has 1 fully saturated rings. The molecule has 13 nitrogen and oxygen atoms in total. The molecule has 1 saturated heterocycles. The van der Waals surface area contributed by atoms with Gasteiger partial charge >= 0.3 is 0 Å². The van der Waals surface area contributed by atoms with Gasteiger partial charge in [0.2, 0.25) is 23.6 Å². The Hall–Kier alpha value is -4.00. The fourth-order valence-corrected chi connectivity index (χ4v) is 7.49. The van der Waals surface area contributed by atoms with E-state index in [0.29, 0.717) is 25.8 Å². The minimum absolute atomic E-state index is 0.145. The Kier molecular flexibility index (Phi) is 18.2. The summed E-state index contributed by atoms with van der Waals surface area (Å²) in [4.78, 5) is 64.1. The van der Waals surface area contributed by atoms with E-state index in [2.05, 4.69) is 31.0 Å². The molecule has 1 aromatic heterocycles. The Morgan fingerprint density at radius 1 is 0.962 bits per heavy atom. The van der Waals surface area contributed by atoms with E-state index in [4.69, 9.17) is 11.3 Å².